The van der Waals surface area contributed by atoms with Crippen molar-refractivity contribution < 1.29 is 19.1 Å². The van der Waals surface area contributed by atoms with Crippen LogP contribution in [0.1, 0.15) is 34.6 Å². The third-order valence-electron chi connectivity index (χ3n) is 3.70. The fraction of sp³-hybridized carbons (Fsp3) is 0.250. The van der Waals surface area contributed by atoms with Crippen LogP contribution in [0.4, 0.5) is 0 Å². The van der Waals surface area contributed by atoms with Crippen molar-refractivity contribution in [1.29, 1.82) is 0 Å². The molecule has 0 atom stereocenters. The average molecular weight is 606 g/mol. The topological polar surface area (TPSA) is 88.7 Å². The number of halogens is 2. The SMILES string of the molecule is COc1ccc(C(=O)NNC(=S)NC(=O)c2ccc(OCC(C)C)c(Br)c2)cc1I. The summed E-state index contributed by atoms with van der Waals surface area (Å²) in [6.07, 6.45) is 0. The van der Waals surface area contributed by atoms with Gasteiger partial charge in [-0.1, -0.05) is 13.8 Å². The number of benzene rings is 2. The number of carbonyl (C=O) groups excluding carboxylic acids is 2. The van der Waals surface area contributed by atoms with Crippen LogP contribution < -0.4 is 25.6 Å². The molecule has 2 rings (SSSR count). The number of carbonyl (C=O) groups is 2. The van der Waals surface area contributed by atoms with Crippen molar-refractivity contribution in [1.82, 2.24) is 16.2 Å². The summed E-state index contributed by atoms with van der Waals surface area (Å²) in [7, 11) is 1.56. The molecule has 0 aliphatic carbocycles. The van der Waals surface area contributed by atoms with Gasteiger partial charge in [0.05, 0.1) is 21.8 Å². The summed E-state index contributed by atoms with van der Waals surface area (Å²) in [5.41, 5.74) is 5.78. The molecule has 0 saturated carbocycles. The zero-order valence-electron chi connectivity index (χ0n) is 16.5. The van der Waals surface area contributed by atoms with Crippen molar-refractivity contribution in [3.8, 4) is 11.5 Å². The summed E-state index contributed by atoms with van der Waals surface area (Å²) in [4.78, 5) is 24.6. The van der Waals surface area contributed by atoms with E-state index in [0.717, 1.165) is 3.57 Å². The normalized spacial score (nSPS) is 10.3. The second-order valence-electron chi connectivity index (χ2n) is 6.56. The van der Waals surface area contributed by atoms with E-state index in [9.17, 15) is 9.59 Å². The van der Waals surface area contributed by atoms with Crippen LogP contribution in [-0.2, 0) is 0 Å². The van der Waals surface area contributed by atoms with Crippen LogP contribution >= 0.6 is 50.7 Å². The van der Waals surface area contributed by atoms with Gasteiger partial charge in [-0.2, -0.15) is 0 Å². The predicted molar refractivity (Wildman–Crippen MR) is 131 cm³/mol. The van der Waals surface area contributed by atoms with Gasteiger partial charge in [0.1, 0.15) is 11.5 Å². The molecule has 0 spiro atoms. The molecular weight excluding hydrogens is 585 g/mol. The van der Waals surface area contributed by atoms with E-state index in [4.69, 9.17) is 21.7 Å². The van der Waals surface area contributed by atoms with Crippen molar-refractivity contribution in [2.24, 2.45) is 5.92 Å². The van der Waals surface area contributed by atoms with Crippen molar-refractivity contribution in [3.63, 3.8) is 0 Å². The number of hydrazine groups is 1. The maximum absolute atomic E-state index is 12.4. The van der Waals surface area contributed by atoms with E-state index >= 15 is 0 Å². The third kappa shape index (κ3) is 7.10. The van der Waals surface area contributed by atoms with Gasteiger partial charge in [0, 0.05) is 11.1 Å². The number of nitrogens with one attached hydrogen (secondary N) is 3. The summed E-state index contributed by atoms with van der Waals surface area (Å²) >= 11 is 10.6. The van der Waals surface area contributed by atoms with Crippen LogP contribution in [-0.4, -0.2) is 30.6 Å². The van der Waals surface area contributed by atoms with Crippen LogP contribution in [0.15, 0.2) is 40.9 Å². The van der Waals surface area contributed by atoms with Crippen molar-refractivity contribution in [3.05, 3.63) is 55.6 Å². The summed E-state index contributed by atoms with van der Waals surface area (Å²) in [5.74, 6) is 0.898. The van der Waals surface area contributed by atoms with Gasteiger partial charge >= 0.3 is 0 Å². The maximum Gasteiger partial charge on any atom is 0.269 e. The Morgan fingerprint density at radius 2 is 1.70 bits per heavy atom. The maximum atomic E-state index is 12.4. The Morgan fingerprint density at radius 3 is 2.27 bits per heavy atom. The molecule has 2 aromatic carbocycles. The van der Waals surface area contributed by atoms with Crippen LogP contribution in [0.2, 0.25) is 0 Å². The second-order valence-corrected chi connectivity index (χ2v) is 8.99. The number of rotatable bonds is 6. The van der Waals surface area contributed by atoms with Gasteiger partial charge in [-0.05, 0) is 93.1 Å². The Bertz CT molecular complexity index is 956. The first-order chi connectivity index (χ1) is 14.2. The van der Waals surface area contributed by atoms with Crippen molar-refractivity contribution in [2.45, 2.75) is 13.8 Å². The van der Waals surface area contributed by atoms with Gasteiger partial charge in [-0.3, -0.25) is 25.8 Å². The largest absolute Gasteiger partial charge is 0.496 e. The van der Waals surface area contributed by atoms with E-state index in [-0.39, 0.29) is 5.11 Å². The van der Waals surface area contributed by atoms with E-state index in [1.807, 2.05) is 0 Å². The van der Waals surface area contributed by atoms with Crippen LogP contribution in [0.25, 0.3) is 0 Å². The molecule has 10 heteroatoms. The molecule has 0 fully saturated rings. The fourth-order valence-electron chi connectivity index (χ4n) is 2.22. The first-order valence-electron chi connectivity index (χ1n) is 8.88. The molecule has 2 aromatic rings. The summed E-state index contributed by atoms with van der Waals surface area (Å²) < 4.78 is 12.3. The monoisotopic (exact) mass is 605 g/mol. The van der Waals surface area contributed by atoms with E-state index < -0.39 is 11.8 Å². The molecule has 0 aliphatic heterocycles. The molecular formula is C20H21BrIN3O4S. The molecule has 160 valence electrons. The van der Waals surface area contributed by atoms with Gasteiger partial charge in [-0.15, -0.1) is 0 Å². The Labute approximate surface area is 202 Å². The number of amides is 2. The van der Waals surface area contributed by atoms with Crippen LogP contribution in [0, 0.1) is 9.49 Å². The summed E-state index contributed by atoms with van der Waals surface area (Å²) in [6.45, 7) is 4.68. The van der Waals surface area contributed by atoms with E-state index in [1.54, 1.807) is 43.5 Å². The molecule has 7 nitrogen and oxygen atoms in total. The zero-order valence-corrected chi connectivity index (χ0v) is 21.1. The van der Waals surface area contributed by atoms with Gasteiger partial charge in [0.15, 0.2) is 5.11 Å². The molecule has 0 bridgehead atoms. The lowest BCUT2D eigenvalue weighted by Gasteiger charge is -2.13. The van der Waals surface area contributed by atoms with E-state index in [0.29, 0.717) is 39.6 Å². The highest BCUT2D eigenvalue weighted by Gasteiger charge is 2.13. The van der Waals surface area contributed by atoms with Gasteiger partial charge < -0.3 is 9.47 Å². The predicted octanol–water partition coefficient (Wildman–Crippen LogP) is 4.05. The quantitative estimate of drug-likeness (QED) is 0.262. The lowest BCUT2D eigenvalue weighted by Crippen LogP contribution is -2.48. The summed E-state index contributed by atoms with van der Waals surface area (Å²) in [5, 5.41) is 2.48. The standard InChI is InChI=1S/C20H21BrIN3O4S/c1-11(2)10-29-16-6-4-12(8-14(16)21)18(26)23-20(30)25-24-19(27)13-5-7-17(28-3)15(22)9-13/h4-9,11H,10H2,1-3H3,(H,24,27)(H2,23,25,26,30). The third-order valence-corrected chi connectivity index (χ3v) is 5.36. The Balaban J connectivity index is 1.90. The van der Waals surface area contributed by atoms with E-state index in [1.165, 1.54) is 0 Å². The number of thiocarbonyl (C=S) groups is 1. The first kappa shape index (κ1) is 24.4. The molecule has 0 aromatic heterocycles. The number of hydrogen-bond donors (Lipinski definition) is 3. The zero-order chi connectivity index (χ0) is 22.3. The van der Waals surface area contributed by atoms with Crippen molar-refractivity contribution >= 4 is 67.7 Å². The minimum absolute atomic E-state index is 0.0344. The van der Waals surface area contributed by atoms with E-state index in [2.05, 4.69) is 68.5 Å². The first-order valence-corrected chi connectivity index (χ1v) is 11.2. The van der Waals surface area contributed by atoms with Gasteiger partial charge in [0.2, 0.25) is 0 Å². The molecule has 0 aliphatic rings. The van der Waals surface area contributed by atoms with Crippen LogP contribution in [0.5, 0.6) is 11.5 Å². The average Bonchev–Trinajstić information content (AvgIpc) is 2.70. The minimum atomic E-state index is -0.420. The molecule has 0 unspecified atom stereocenters. The van der Waals surface area contributed by atoms with Gasteiger partial charge in [0.25, 0.3) is 11.8 Å². The number of methoxy groups -OCH3 is 1. The number of ether oxygens (including phenoxy) is 2. The Hall–Kier alpha value is -1.92. The highest BCUT2D eigenvalue weighted by atomic mass is 127. The highest BCUT2D eigenvalue weighted by molar-refractivity contribution is 14.1. The number of hydrogen-bond acceptors (Lipinski definition) is 5. The fourth-order valence-corrected chi connectivity index (χ4v) is 3.59. The van der Waals surface area contributed by atoms with Crippen molar-refractivity contribution in [2.75, 3.05) is 13.7 Å². The molecule has 0 heterocycles. The Morgan fingerprint density at radius 1 is 1.07 bits per heavy atom. The smallest absolute Gasteiger partial charge is 0.269 e. The van der Waals surface area contributed by atoms with Gasteiger partial charge in [-0.25, -0.2) is 0 Å². The molecule has 2 amide bonds. The lowest BCUT2D eigenvalue weighted by molar-refractivity contribution is 0.0934. The second kappa shape index (κ2) is 11.5. The Kier molecular flexibility index (Phi) is 9.31. The van der Waals surface area contributed by atoms with Crippen LogP contribution in [0.3, 0.4) is 0 Å². The summed E-state index contributed by atoms with van der Waals surface area (Å²) in [6, 6.07) is 9.99. The highest BCUT2D eigenvalue weighted by Crippen LogP contribution is 2.26. The minimum Gasteiger partial charge on any atom is -0.496 e. The molecule has 3 N–H and O–H groups in total. The molecule has 30 heavy (non-hydrogen) atoms. The molecule has 0 saturated heterocycles. The molecule has 0 radical (unpaired) electrons. The lowest BCUT2D eigenvalue weighted by atomic mass is 10.2.